The molecule has 0 fully saturated rings. The van der Waals surface area contributed by atoms with Crippen LogP contribution in [0.2, 0.25) is 0 Å². The van der Waals surface area contributed by atoms with Crippen molar-refractivity contribution in [3.05, 3.63) is 36.3 Å². The summed E-state index contributed by atoms with van der Waals surface area (Å²) in [5.41, 5.74) is 2.14. The molecular formula is C12H14N2OS. The zero-order chi connectivity index (χ0) is 11.4. The molecule has 0 spiro atoms. The number of nitrogens with zero attached hydrogens (tertiary/aromatic N) is 1. The van der Waals surface area contributed by atoms with E-state index in [0.29, 0.717) is 0 Å². The van der Waals surface area contributed by atoms with E-state index >= 15 is 0 Å². The summed E-state index contributed by atoms with van der Waals surface area (Å²) in [6, 6.07) is 7.90. The average molecular weight is 234 g/mol. The van der Waals surface area contributed by atoms with Crippen LogP contribution in [0.25, 0.3) is 11.3 Å². The Morgan fingerprint density at radius 3 is 2.69 bits per heavy atom. The third-order valence-electron chi connectivity index (χ3n) is 2.38. The summed E-state index contributed by atoms with van der Waals surface area (Å²) in [5, 5.41) is 0. The number of aromatic amines is 1. The standard InChI is InChI=1S/C12H14N2OS/c1-15-10-4-2-9(3-5-10)11-8-13-12(14-11)6-7-16/h2-5,8,16H,6-7H2,1H3,(H,13,14). The van der Waals surface area contributed by atoms with Gasteiger partial charge in [0.1, 0.15) is 11.6 Å². The van der Waals surface area contributed by atoms with Gasteiger partial charge in [0.05, 0.1) is 19.0 Å². The Morgan fingerprint density at radius 2 is 2.06 bits per heavy atom. The molecule has 0 radical (unpaired) electrons. The summed E-state index contributed by atoms with van der Waals surface area (Å²) >= 11 is 4.18. The van der Waals surface area contributed by atoms with E-state index in [4.69, 9.17) is 4.74 Å². The lowest BCUT2D eigenvalue weighted by Crippen LogP contribution is -1.88. The maximum atomic E-state index is 5.11. The summed E-state index contributed by atoms with van der Waals surface area (Å²) in [6.45, 7) is 0. The lowest BCUT2D eigenvalue weighted by molar-refractivity contribution is 0.415. The Labute approximate surface area is 100 Å². The molecule has 0 saturated heterocycles. The number of hydrogen-bond donors (Lipinski definition) is 2. The van der Waals surface area contributed by atoms with Crippen LogP contribution in [0, 0.1) is 0 Å². The Hall–Kier alpha value is -1.42. The molecule has 1 heterocycles. The van der Waals surface area contributed by atoms with E-state index in [1.165, 1.54) is 0 Å². The Morgan fingerprint density at radius 1 is 1.31 bits per heavy atom. The zero-order valence-electron chi connectivity index (χ0n) is 9.10. The monoisotopic (exact) mass is 234 g/mol. The SMILES string of the molecule is COc1ccc(-c2cnc(CCS)[nH]2)cc1. The first kappa shape index (κ1) is 11.1. The lowest BCUT2D eigenvalue weighted by atomic mass is 10.2. The molecule has 4 heteroatoms. The van der Waals surface area contributed by atoms with Crippen molar-refractivity contribution in [2.75, 3.05) is 12.9 Å². The number of ether oxygens (including phenoxy) is 1. The van der Waals surface area contributed by atoms with Gasteiger partial charge >= 0.3 is 0 Å². The molecule has 84 valence electrons. The van der Waals surface area contributed by atoms with Crippen LogP contribution in [0.3, 0.4) is 0 Å². The van der Waals surface area contributed by atoms with Gasteiger partial charge in [-0.05, 0) is 35.6 Å². The van der Waals surface area contributed by atoms with Crippen molar-refractivity contribution in [3.8, 4) is 17.0 Å². The first-order chi connectivity index (χ1) is 7.83. The maximum absolute atomic E-state index is 5.11. The lowest BCUT2D eigenvalue weighted by Gasteiger charge is -2.00. The number of hydrogen-bond acceptors (Lipinski definition) is 3. The molecule has 1 aromatic carbocycles. The maximum Gasteiger partial charge on any atom is 0.118 e. The second-order valence-electron chi connectivity index (χ2n) is 3.45. The number of imidazole rings is 1. The summed E-state index contributed by atoms with van der Waals surface area (Å²) in [6.07, 6.45) is 2.71. The van der Waals surface area contributed by atoms with Crippen molar-refractivity contribution in [1.29, 1.82) is 0 Å². The molecular weight excluding hydrogens is 220 g/mol. The minimum atomic E-state index is 0.801. The predicted octanol–water partition coefficient (Wildman–Crippen LogP) is 2.56. The fraction of sp³-hybridized carbons (Fsp3) is 0.250. The van der Waals surface area contributed by atoms with Crippen LogP contribution in [-0.2, 0) is 6.42 Å². The number of rotatable bonds is 4. The van der Waals surface area contributed by atoms with Crippen molar-refractivity contribution in [1.82, 2.24) is 9.97 Å². The Balaban J connectivity index is 2.21. The molecule has 0 bridgehead atoms. The largest absolute Gasteiger partial charge is 0.497 e. The van der Waals surface area contributed by atoms with Gasteiger partial charge in [-0.3, -0.25) is 0 Å². The van der Waals surface area contributed by atoms with E-state index in [2.05, 4.69) is 22.6 Å². The third-order valence-corrected chi connectivity index (χ3v) is 2.60. The molecule has 0 saturated carbocycles. The quantitative estimate of drug-likeness (QED) is 0.798. The van der Waals surface area contributed by atoms with Gasteiger partial charge in [0.2, 0.25) is 0 Å². The van der Waals surface area contributed by atoms with E-state index in [1.807, 2.05) is 30.5 Å². The van der Waals surface area contributed by atoms with E-state index in [1.54, 1.807) is 7.11 Å². The second kappa shape index (κ2) is 5.07. The van der Waals surface area contributed by atoms with Crippen molar-refractivity contribution in [3.63, 3.8) is 0 Å². The van der Waals surface area contributed by atoms with E-state index in [0.717, 1.165) is 35.0 Å². The number of methoxy groups -OCH3 is 1. The molecule has 0 unspecified atom stereocenters. The zero-order valence-corrected chi connectivity index (χ0v) is 10.00. The van der Waals surface area contributed by atoms with Crippen molar-refractivity contribution in [2.45, 2.75) is 6.42 Å². The van der Waals surface area contributed by atoms with Gasteiger partial charge in [0, 0.05) is 6.42 Å². The number of H-pyrrole nitrogens is 1. The van der Waals surface area contributed by atoms with Crippen LogP contribution < -0.4 is 4.74 Å². The Kier molecular flexibility index (Phi) is 3.51. The Bertz CT molecular complexity index is 450. The third kappa shape index (κ3) is 2.39. The van der Waals surface area contributed by atoms with E-state index in [-0.39, 0.29) is 0 Å². The minimum absolute atomic E-state index is 0.801. The molecule has 2 aromatic rings. The molecule has 3 nitrogen and oxygen atoms in total. The van der Waals surface area contributed by atoms with Crippen LogP contribution in [0.5, 0.6) is 5.75 Å². The number of benzene rings is 1. The second-order valence-corrected chi connectivity index (χ2v) is 3.89. The van der Waals surface area contributed by atoms with Crippen molar-refractivity contribution >= 4 is 12.6 Å². The first-order valence-corrected chi connectivity index (χ1v) is 5.76. The summed E-state index contributed by atoms with van der Waals surface area (Å²) in [7, 11) is 1.66. The fourth-order valence-corrected chi connectivity index (χ4v) is 1.72. The van der Waals surface area contributed by atoms with Crippen LogP contribution >= 0.6 is 12.6 Å². The van der Waals surface area contributed by atoms with Crippen LogP contribution in [0.15, 0.2) is 30.5 Å². The highest BCUT2D eigenvalue weighted by atomic mass is 32.1. The highest BCUT2D eigenvalue weighted by Gasteiger charge is 2.02. The van der Waals surface area contributed by atoms with E-state index in [9.17, 15) is 0 Å². The number of thiol groups is 1. The predicted molar refractivity (Wildman–Crippen MR) is 68.1 cm³/mol. The van der Waals surface area contributed by atoms with E-state index < -0.39 is 0 Å². The normalized spacial score (nSPS) is 10.4. The first-order valence-electron chi connectivity index (χ1n) is 5.12. The molecule has 1 N–H and O–H groups in total. The minimum Gasteiger partial charge on any atom is -0.497 e. The molecule has 0 aliphatic carbocycles. The van der Waals surface area contributed by atoms with Gasteiger partial charge in [-0.15, -0.1) is 0 Å². The van der Waals surface area contributed by atoms with Gasteiger partial charge in [-0.1, -0.05) is 0 Å². The van der Waals surface area contributed by atoms with Crippen LogP contribution in [0.4, 0.5) is 0 Å². The molecule has 2 rings (SSSR count). The van der Waals surface area contributed by atoms with Crippen LogP contribution in [-0.4, -0.2) is 22.8 Å². The number of aromatic nitrogens is 2. The number of aryl methyl sites for hydroxylation is 1. The molecule has 0 aliphatic rings. The highest BCUT2D eigenvalue weighted by Crippen LogP contribution is 2.20. The molecule has 0 atom stereocenters. The number of nitrogens with one attached hydrogen (secondary N) is 1. The molecule has 1 aromatic heterocycles. The summed E-state index contributed by atoms with van der Waals surface area (Å²) < 4.78 is 5.11. The van der Waals surface area contributed by atoms with Gasteiger partial charge < -0.3 is 9.72 Å². The summed E-state index contributed by atoms with van der Waals surface area (Å²) in [4.78, 5) is 7.56. The van der Waals surface area contributed by atoms with Gasteiger partial charge in [-0.25, -0.2) is 4.98 Å². The summed E-state index contributed by atoms with van der Waals surface area (Å²) in [5.74, 6) is 2.63. The topological polar surface area (TPSA) is 37.9 Å². The van der Waals surface area contributed by atoms with Gasteiger partial charge in [-0.2, -0.15) is 12.6 Å². The fourth-order valence-electron chi connectivity index (χ4n) is 1.51. The van der Waals surface area contributed by atoms with Crippen molar-refractivity contribution in [2.24, 2.45) is 0 Å². The smallest absolute Gasteiger partial charge is 0.118 e. The average Bonchev–Trinajstić information content (AvgIpc) is 2.78. The van der Waals surface area contributed by atoms with Crippen LogP contribution in [0.1, 0.15) is 5.82 Å². The molecule has 0 aliphatic heterocycles. The van der Waals surface area contributed by atoms with Gasteiger partial charge in [0.25, 0.3) is 0 Å². The molecule has 16 heavy (non-hydrogen) atoms. The molecule has 0 amide bonds. The van der Waals surface area contributed by atoms with Crippen molar-refractivity contribution < 1.29 is 4.74 Å². The highest BCUT2D eigenvalue weighted by molar-refractivity contribution is 7.80. The van der Waals surface area contributed by atoms with Gasteiger partial charge in [0.15, 0.2) is 0 Å².